The van der Waals surface area contributed by atoms with Crippen molar-refractivity contribution in [3.05, 3.63) is 29.0 Å². The summed E-state index contributed by atoms with van der Waals surface area (Å²) in [6, 6.07) is 2.87. The molecule has 0 bridgehead atoms. The molecular formula is C18H21ClFN3O4. The molecule has 0 aromatic heterocycles. The molecule has 146 valence electrons. The minimum absolute atomic E-state index is 0.0635. The average molecular weight is 398 g/mol. The lowest BCUT2D eigenvalue weighted by Crippen LogP contribution is -2.49. The first kappa shape index (κ1) is 19.4. The van der Waals surface area contributed by atoms with Gasteiger partial charge in [0.2, 0.25) is 5.91 Å². The number of carbonyl (C=O) groups is 3. The number of carboxylic acids is 1. The Morgan fingerprint density at radius 3 is 2.48 bits per heavy atom. The van der Waals surface area contributed by atoms with Crippen LogP contribution in [0.1, 0.15) is 32.1 Å². The Bertz CT molecular complexity index is 752. The number of hydrogen-bond donors (Lipinski definition) is 3. The van der Waals surface area contributed by atoms with Crippen molar-refractivity contribution in [2.24, 2.45) is 5.92 Å². The number of carboxylic acid groups (broad SMARTS) is 1. The van der Waals surface area contributed by atoms with Gasteiger partial charge in [0.15, 0.2) is 0 Å². The fourth-order valence-corrected chi connectivity index (χ4v) is 3.77. The van der Waals surface area contributed by atoms with Crippen LogP contribution in [0.25, 0.3) is 0 Å². The highest BCUT2D eigenvalue weighted by Gasteiger charge is 2.34. The lowest BCUT2D eigenvalue weighted by Gasteiger charge is -2.27. The zero-order valence-corrected chi connectivity index (χ0v) is 15.3. The van der Waals surface area contributed by atoms with E-state index in [0.717, 1.165) is 0 Å². The summed E-state index contributed by atoms with van der Waals surface area (Å²) in [5.41, 5.74) is 0.489. The van der Waals surface area contributed by atoms with E-state index in [1.165, 1.54) is 23.1 Å². The molecule has 9 heteroatoms. The van der Waals surface area contributed by atoms with E-state index >= 15 is 0 Å². The summed E-state index contributed by atoms with van der Waals surface area (Å²) in [4.78, 5) is 37.2. The maximum atomic E-state index is 13.3. The highest BCUT2D eigenvalue weighted by Crippen LogP contribution is 2.27. The summed E-state index contributed by atoms with van der Waals surface area (Å²) in [7, 11) is 0. The van der Waals surface area contributed by atoms with Crippen molar-refractivity contribution >= 4 is 35.2 Å². The van der Waals surface area contributed by atoms with E-state index in [1.807, 2.05) is 0 Å². The van der Waals surface area contributed by atoms with Gasteiger partial charge in [-0.15, -0.1) is 0 Å². The van der Waals surface area contributed by atoms with Crippen LogP contribution >= 0.6 is 11.6 Å². The number of halogens is 2. The molecule has 0 spiro atoms. The first-order valence-corrected chi connectivity index (χ1v) is 9.29. The van der Waals surface area contributed by atoms with Crippen molar-refractivity contribution in [2.45, 2.75) is 44.2 Å². The zero-order valence-electron chi connectivity index (χ0n) is 14.6. The third kappa shape index (κ3) is 4.50. The van der Waals surface area contributed by atoms with Gasteiger partial charge >= 0.3 is 12.0 Å². The van der Waals surface area contributed by atoms with E-state index in [4.69, 9.17) is 16.7 Å². The summed E-state index contributed by atoms with van der Waals surface area (Å²) in [5.74, 6) is -1.98. The molecule has 1 aromatic carbocycles. The van der Waals surface area contributed by atoms with Gasteiger partial charge in [-0.1, -0.05) is 11.6 Å². The van der Waals surface area contributed by atoms with E-state index in [1.54, 1.807) is 0 Å². The van der Waals surface area contributed by atoms with Crippen LogP contribution in [0.5, 0.6) is 0 Å². The standard InChI is InChI=1S/C18H21ClFN3O4/c19-13-9-12(5-6-14(13)20)23-8-7-15(16(23)24)22-18(27)21-11-3-1-10(2-4-11)17(25)26/h5-6,9-11,15H,1-4,7-8H2,(H,25,26)(H2,21,22,27). The number of benzene rings is 1. The van der Waals surface area contributed by atoms with Crippen LogP contribution in [0.3, 0.4) is 0 Å². The maximum Gasteiger partial charge on any atom is 0.315 e. The van der Waals surface area contributed by atoms with Gasteiger partial charge in [-0.05, 0) is 50.3 Å². The largest absolute Gasteiger partial charge is 0.481 e. The molecule has 27 heavy (non-hydrogen) atoms. The molecule has 1 aliphatic heterocycles. The molecule has 2 fully saturated rings. The molecular weight excluding hydrogens is 377 g/mol. The first-order valence-electron chi connectivity index (χ1n) is 8.91. The van der Waals surface area contributed by atoms with Gasteiger partial charge in [-0.2, -0.15) is 0 Å². The maximum absolute atomic E-state index is 13.3. The number of aliphatic carboxylic acids is 1. The van der Waals surface area contributed by atoms with Crippen molar-refractivity contribution in [2.75, 3.05) is 11.4 Å². The molecule has 1 aromatic rings. The fourth-order valence-electron chi connectivity index (χ4n) is 3.59. The average Bonchev–Trinajstić information content (AvgIpc) is 2.98. The van der Waals surface area contributed by atoms with Crippen molar-refractivity contribution in [3.8, 4) is 0 Å². The molecule has 1 atom stereocenters. The molecule has 1 heterocycles. The number of amides is 3. The van der Waals surface area contributed by atoms with Crippen molar-refractivity contribution in [3.63, 3.8) is 0 Å². The second-order valence-corrected chi connectivity index (χ2v) is 7.34. The Labute approximate surface area is 160 Å². The SMILES string of the molecule is O=C(NC1CCC(C(=O)O)CC1)NC1CCN(c2ccc(F)c(Cl)c2)C1=O. The Kier molecular flexibility index (Phi) is 5.84. The summed E-state index contributed by atoms with van der Waals surface area (Å²) in [6.07, 6.45) is 2.70. The molecule has 2 aliphatic rings. The van der Waals surface area contributed by atoms with Gasteiger partial charge in [0.1, 0.15) is 11.9 Å². The van der Waals surface area contributed by atoms with Crippen molar-refractivity contribution < 1.29 is 23.9 Å². The molecule has 7 nitrogen and oxygen atoms in total. The lowest BCUT2D eigenvalue weighted by molar-refractivity contribution is -0.142. The minimum Gasteiger partial charge on any atom is -0.481 e. The Balaban J connectivity index is 1.51. The van der Waals surface area contributed by atoms with E-state index in [0.29, 0.717) is 44.3 Å². The van der Waals surface area contributed by atoms with Crippen LogP contribution in [-0.4, -0.2) is 41.6 Å². The van der Waals surface area contributed by atoms with Crippen LogP contribution in [-0.2, 0) is 9.59 Å². The Hall–Kier alpha value is -2.35. The van der Waals surface area contributed by atoms with Crippen molar-refractivity contribution in [1.82, 2.24) is 10.6 Å². The number of rotatable bonds is 4. The number of nitrogens with one attached hydrogen (secondary N) is 2. The van der Waals surface area contributed by atoms with Crippen LogP contribution < -0.4 is 15.5 Å². The number of urea groups is 1. The van der Waals surface area contributed by atoms with E-state index < -0.39 is 23.9 Å². The van der Waals surface area contributed by atoms with Gasteiger partial charge in [-0.25, -0.2) is 9.18 Å². The lowest BCUT2D eigenvalue weighted by atomic mass is 9.86. The number of anilines is 1. The van der Waals surface area contributed by atoms with Gasteiger partial charge in [0.05, 0.1) is 10.9 Å². The molecule has 3 rings (SSSR count). The summed E-state index contributed by atoms with van der Waals surface area (Å²) in [5, 5.41) is 14.4. The van der Waals surface area contributed by atoms with Gasteiger partial charge in [0.25, 0.3) is 0 Å². The molecule has 3 amide bonds. The predicted molar refractivity (Wildman–Crippen MR) is 97.2 cm³/mol. The molecule has 1 aliphatic carbocycles. The quantitative estimate of drug-likeness (QED) is 0.727. The second kappa shape index (κ2) is 8.12. The topological polar surface area (TPSA) is 98.7 Å². The zero-order chi connectivity index (χ0) is 19.6. The molecule has 3 N–H and O–H groups in total. The normalized spacial score (nSPS) is 25.3. The third-order valence-corrected chi connectivity index (χ3v) is 5.43. The van der Waals surface area contributed by atoms with Gasteiger partial charge in [0, 0.05) is 18.3 Å². The van der Waals surface area contributed by atoms with E-state index in [9.17, 15) is 18.8 Å². The van der Waals surface area contributed by atoms with Crippen molar-refractivity contribution in [1.29, 1.82) is 0 Å². The molecule has 1 saturated carbocycles. The third-order valence-electron chi connectivity index (χ3n) is 5.14. The predicted octanol–water partition coefficient (Wildman–Crippen LogP) is 2.53. The summed E-state index contributed by atoms with van der Waals surface area (Å²) < 4.78 is 13.3. The second-order valence-electron chi connectivity index (χ2n) is 6.93. The van der Waals surface area contributed by atoms with Crippen LogP contribution in [0.4, 0.5) is 14.9 Å². The fraction of sp³-hybridized carbons (Fsp3) is 0.500. The summed E-state index contributed by atoms with van der Waals surface area (Å²) in [6.45, 7) is 0.398. The molecule has 1 unspecified atom stereocenters. The van der Waals surface area contributed by atoms with Crippen LogP contribution in [0, 0.1) is 11.7 Å². The Morgan fingerprint density at radius 1 is 1.15 bits per heavy atom. The smallest absolute Gasteiger partial charge is 0.315 e. The van der Waals surface area contributed by atoms with E-state index in [-0.39, 0.29) is 22.9 Å². The summed E-state index contributed by atoms with van der Waals surface area (Å²) >= 11 is 5.77. The number of hydrogen-bond acceptors (Lipinski definition) is 3. The minimum atomic E-state index is -0.796. The molecule has 0 radical (unpaired) electrons. The van der Waals surface area contributed by atoms with Gasteiger partial charge < -0.3 is 20.6 Å². The first-order chi connectivity index (χ1) is 12.8. The number of carbonyl (C=O) groups excluding carboxylic acids is 2. The highest BCUT2D eigenvalue weighted by atomic mass is 35.5. The highest BCUT2D eigenvalue weighted by molar-refractivity contribution is 6.31. The number of nitrogens with zero attached hydrogens (tertiary/aromatic N) is 1. The monoisotopic (exact) mass is 397 g/mol. The van der Waals surface area contributed by atoms with Crippen LogP contribution in [0.2, 0.25) is 5.02 Å². The van der Waals surface area contributed by atoms with Gasteiger partial charge in [-0.3, -0.25) is 9.59 Å². The van der Waals surface area contributed by atoms with E-state index in [2.05, 4.69) is 10.6 Å². The Morgan fingerprint density at radius 2 is 1.85 bits per heavy atom. The van der Waals surface area contributed by atoms with Crippen LogP contribution in [0.15, 0.2) is 18.2 Å². The molecule has 1 saturated heterocycles.